The number of hydrogen-bond donors (Lipinski definition) is 0. The van der Waals surface area contributed by atoms with Gasteiger partial charge >= 0.3 is 6.23 Å². The van der Waals surface area contributed by atoms with Crippen LogP contribution in [0.5, 0.6) is 5.75 Å². The molecule has 1 aromatic carbocycles. The second kappa shape index (κ2) is 8.35. The number of rotatable bonds is 4. The van der Waals surface area contributed by atoms with Gasteiger partial charge in [0.15, 0.2) is 5.75 Å². The Kier molecular flexibility index (Phi) is 6.13. The highest BCUT2D eigenvalue weighted by atomic mass is 127. The van der Waals surface area contributed by atoms with Crippen LogP contribution in [-0.4, -0.2) is 28.9 Å². The highest BCUT2D eigenvalue weighted by molar-refractivity contribution is 8.16. The van der Waals surface area contributed by atoms with Crippen molar-refractivity contribution in [1.29, 1.82) is 0 Å². The molecular formula is C20H21IN2O2S. The average molecular weight is 480 g/mol. The van der Waals surface area contributed by atoms with Gasteiger partial charge in [0, 0.05) is 12.6 Å². The van der Waals surface area contributed by atoms with Crippen LogP contribution in [0, 0.1) is 0 Å². The van der Waals surface area contributed by atoms with Crippen LogP contribution in [0.1, 0.15) is 13.8 Å². The van der Waals surface area contributed by atoms with Gasteiger partial charge in [0.2, 0.25) is 11.6 Å². The van der Waals surface area contributed by atoms with Gasteiger partial charge in [-0.05, 0) is 55.3 Å². The Balaban J connectivity index is 0.00000196. The molecule has 0 N–H and O–H groups in total. The first-order valence-electron chi connectivity index (χ1n) is 8.58. The lowest BCUT2D eigenvalue weighted by Gasteiger charge is -2.14. The number of nitrogens with zero attached hydrogens (tertiary/aromatic N) is 2. The number of ether oxygens (including phenoxy) is 2. The van der Waals surface area contributed by atoms with Gasteiger partial charge < -0.3 is 38.4 Å². The van der Waals surface area contributed by atoms with E-state index in [4.69, 9.17) is 9.47 Å². The Hall–Kier alpha value is -1.67. The zero-order valence-corrected chi connectivity index (χ0v) is 17.7. The number of likely N-dealkylation sites (N-methyl/N-ethyl adjacent to an activating group) is 1. The van der Waals surface area contributed by atoms with E-state index in [-0.39, 0.29) is 30.2 Å². The summed E-state index contributed by atoms with van der Waals surface area (Å²) in [6.07, 6.45) is 10.1. The van der Waals surface area contributed by atoms with Crippen LogP contribution in [0.15, 0.2) is 71.7 Å². The maximum atomic E-state index is 6.06. The fraction of sp³-hybridized carbons (Fsp3) is 0.250. The van der Waals surface area contributed by atoms with Gasteiger partial charge in [0.1, 0.15) is 6.54 Å². The van der Waals surface area contributed by atoms with Gasteiger partial charge in [-0.1, -0.05) is 24.3 Å². The van der Waals surface area contributed by atoms with E-state index < -0.39 is 0 Å². The first kappa shape index (κ1) is 19.1. The third-order valence-electron chi connectivity index (χ3n) is 4.34. The van der Waals surface area contributed by atoms with Crippen LogP contribution in [-0.2, 0) is 4.74 Å². The molecule has 26 heavy (non-hydrogen) atoms. The maximum absolute atomic E-state index is 6.06. The van der Waals surface area contributed by atoms with Crippen molar-refractivity contribution in [3.63, 3.8) is 0 Å². The lowest BCUT2D eigenvalue weighted by Crippen LogP contribution is -3.00. The highest BCUT2D eigenvalue weighted by Gasteiger charge is 2.36. The summed E-state index contributed by atoms with van der Waals surface area (Å²) in [5, 5.41) is 3.27. The second-order valence-electron chi connectivity index (χ2n) is 5.78. The van der Waals surface area contributed by atoms with E-state index in [1.807, 2.05) is 42.5 Å². The lowest BCUT2D eigenvalue weighted by atomic mass is 10.3. The summed E-state index contributed by atoms with van der Waals surface area (Å²) in [5.74, 6) is 2.71. The van der Waals surface area contributed by atoms with E-state index in [0.29, 0.717) is 0 Å². The third-order valence-corrected chi connectivity index (χ3v) is 5.29. The molecule has 3 aliphatic heterocycles. The normalized spacial score (nSPS) is 22.1. The molecule has 1 aromatic rings. The SMILES string of the molecule is CCN1C(=CC=CC2OC3=CC=CSC3=[N+]2CC)Oc2ccccc21.[I-]. The Morgan fingerprint density at radius 1 is 1.27 bits per heavy atom. The van der Waals surface area contributed by atoms with Crippen LogP contribution < -0.4 is 33.6 Å². The molecule has 0 bridgehead atoms. The number of fused-ring (bicyclic) bond motifs is 2. The lowest BCUT2D eigenvalue weighted by molar-refractivity contribution is -0.575. The third kappa shape index (κ3) is 3.44. The smallest absolute Gasteiger partial charge is 0.318 e. The minimum Gasteiger partial charge on any atom is -1.00 e. The molecule has 4 rings (SSSR count). The molecule has 0 fully saturated rings. The molecule has 0 spiro atoms. The number of thioether (sulfide) groups is 1. The Labute approximate surface area is 175 Å². The van der Waals surface area contributed by atoms with Gasteiger partial charge in [-0.25, -0.2) is 0 Å². The first-order chi connectivity index (χ1) is 12.3. The minimum atomic E-state index is -0.0747. The van der Waals surface area contributed by atoms with E-state index in [9.17, 15) is 0 Å². The monoisotopic (exact) mass is 480 g/mol. The van der Waals surface area contributed by atoms with Crippen molar-refractivity contribution in [2.75, 3.05) is 18.0 Å². The largest absolute Gasteiger partial charge is 1.00 e. The summed E-state index contributed by atoms with van der Waals surface area (Å²) in [6, 6.07) is 8.11. The molecule has 0 saturated carbocycles. The van der Waals surface area contributed by atoms with Crippen LogP contribution in [0.2, 0.25) is 0 Å². The van der Waals surface area contributed by atoms with Crippen molar-refractivity contribution in [3.8, 4) is 5.75 Å². The fourth-order valence-corrected chi connectivity index (χ4v) is 4.06. The fourth-order valence-electron chi connectivity index (χ4n) is 3.17. The summed E-state index contributed by atoms with van der Waals surface area (Å²) >= 11 is 1.71. The number of benzene rings is 1. The summed E-state index contributed by atoms with van der Waals surface area (Å²) in [4.78, 5) is 2.17. The minimum absolute atomic E-state index is 0. The zero-order valence-electron chi connectivity index (χ0n) is 14.8. The quantitative estimate of drug-likeness (QED) is 0.479. The Morgan fingerprint density at radius 2 is 2.12 bits per heavy atom. The highest BCUT2D eigenvalue weighted by Crippen LogP contribution is 2.38. The van der Waals surface area contributed by atoms with E-state index in [2.05, 4.69) is 40.9 Å². The van der Waals surface area contributed by atoms with E-state index in [1.54, 1.807) is 11.8 Å². The average Bonchev–Trinajstić information content (AvgIpc) is 3.18. The van der Waals surface area contributed by atoms with Crippen molar-refractivity contribution in [3.05, 3.63) is 71.7 Å². The molecule has 0 saturated heterocycles. The van der Waals surface area contributed by atoms with Gasteiger partial charge in [-0.3, -0.25) is 0 Å². The van der Waals surface area contributed by atoms with E-state index >= 15 is 0 Å². The molecule has 0 amide bonds. The summed E-state index contributed by atoms with van der Waals surface area (Å²) in [6.45, 7) is 6.04. The van der Waals surface area contributed by atoms with Gasteiger partial charge in [-0.15, -0.1) is 0 Å². The maximum Gasteiger partial charge on any atom is 0.318 e. The molecule has 1 unspecified atom stereocenters. The predicted molar refractivity (Wildman–Crippen MR) is 103 cm³/mol. The van der Waals surface area contributed by atoms with Crippen molar-refractivity contribution < 1.29 is 38.0 Å². The standard InChI is InChI=1S/C20H21N2O2S.HI/c1-3-21-15-9-5-6-10-16(15)23-18(21)12-7-13-19-22(4-2)20-17(24-19)11-8-14-25-20;/h5-14,19H,3-4H2,1-2H3;1H/q+1;/p-1. The second-order valence-corrected chi connectivity index (χ2v) is 6.68. The van der Waals surface area contributed by atoms with Gasteiger partial charge in [-0.2, -0.15) is 4.58 Å². The topological polar surface area (TPSA) is 24.7 Å². The molecule has 1 atom stereocenters. The number of halogens is 1. The summed E-state index contributed by atoms with van der Waals surface area (Å²) < 4.78 is 14.3. The molecule has 0 aromatic heterocycles. The van der Waals surface area contributed by atoms with Crippen LogP contribution in [0.4, 0.5) is 5.69 Å². The predicted octanol–water partition coefficient (Wildman–Crippen LogP) is 1.24. The molecule has 6 heteroatoms. The summed E-state index contributed by atoms with van der Waals surface area (Å²) in [7, 11) is 0. The van der Waals surface area contributed by atoms with Crippen molar-refractivity contribution in [2.45, 2.75) is 20.1 Å². The van der Waals surface area contributed by atoms with E-state index in [0.717, 1.165) is 36.2 Å². The number of anilines is 1. The van der Waals surface area contributed by atoms with Gasteiger partial charge in [0.25, 0.3) is 5.04 Å². The first-order valence-corrected chi connectivity index (χ1v) is 9.46. The Morgan fingerprint density at radius 3 is 2.92 bits per heavy atom. The number of allylic oxidation sites excluding steroid dienone is 4. The molecule has 0 aliphatic carbocycles. The van der Waals surface area contributed by atoms with Crippen molar-refractivity contribution in [2.24, 2.45) is 0 Å². The van der Waals surface area contributed by atoms with E-state index in [1.165, 1.54) is 5.04 Å². The van der Waals surface area contributed by atoms with Crippen LogP contribution in [0.3, 0.4) is 0 Å². The number of para-hydroxylation sites is 2. The van der Waals surface area contributed by atoms with Crippen LogP contribution in [0.25, 0.3) is 0 Å². The Bertz CT molecular complexity index is 842. The van der Waals surface area contributed by atoms with Crippen LogP contribution >= 0.6 is 11.8 Å². The molecule has 136 valence electrons. The molecule has 3 aliphatic rings. The molecule has 3 heterocycles. The van der Waals surface area contributed by atoms with Crippen molar-refractivity contribution >= 4 is 22.5 Å². The summed E-state index contributed by atoms with van der Waals surface area (Å²) in [5.41, 5.74) is 1.12. The molecule has 0 radical (unpaired) electrons. The van der Waals surface area contributed by atoms with Gasteiger partial charge in [0.05, 0.1) is 5.69 Å². The molecule has 4 nitrogen and oxygen atoms in total. The van der Waals surface area contributed by atoms with Crippen molar-refractivity contribution in [1.82, 2.24) is 0 Å². The number of hydrogen-bond acceptors (Lipinski definition) is 4. The molecular weight excluding hydrogens is 459 g/mol. The zero-order chi connectivity index (χ0) is 17.2.